The van der Waals surface area contributed by atoms with Crippen molar-refractivity contribution in [2.24, 2.45) is 4.99 Å². The van der Waals surface area contributed by atoms with E-state index in [-0.39, 0.29) is 18.8 Å². The molecular formula is C24H19BrN2O4S2. The molecule has 0 saturated heterocycles. The first-order valence-electron chi connectivity index (χ1n) is 10.0. The molecule has 0 saturated carbocycles. The maximum atomic E-state index is 13.6. The van der Waals surface area contributed by atoms with Crippen molar-refractivity contribution < 1.29 is 14.3 Å². The van der Waals surface area contributed by atoms with Gasteiger partial charge >= 0.3 is 5.97 Å². The lowest BCUT2D eigenvalue weighted by Crippen LogP contribution is -2.39. The topological polar surface area (TPSA) is 69.9 Å². The van der Waals surface area contributed by atoms with Gasteiger partial charge in [-0.2, -0.15) is 0 Å². The molecule has 1 atom stereocenters. The smallest absolute Gasteiger partial charge is 0.338 e. The highest BCUT2D eigenvalue weighted by Crippen LogP contribution is 2.33. The number of terminal acetylenes is 1. The monoisotopic (exact) mass is 542 g/mol. The number of carbonyl (C=O) groups excluding carboxylic acids is 1. The van der Waals surface area contributed by atoms with Crippen LogP contribution in [0.5, 0.6) is 5.75 Å². The molecule has 0 fully saturated rings. The highest BCUT2D eigenvalue weighted by molar-refractivity contribution is 9.10. The molecule has 1 aliphatic rings. The molecule has 3 heterocycles. The zero-order chi connectivity index (χ0) is 23.5. The summed E-state index contributed by atoms with van der Waals surface area (Å²) in [6, 6.07) is 8.70. The standard InChI is InChI=1S/C24H19BrN2O4S2/c1-4-10-31-17-9-8-16(25)12-15(17)13-19-22(28)27-21(18-7-6-11-32-18)20(23(29)30-5-2)14(3)26-24(27)33-19/h1,6-9,11-13,21H,5,10H2,2-3H3. The van der Waals surface area contributed by atoms with Crippen LogP contribution in [-0.4, -0.2) is 23.8 Å². The summed E-state index contributed by atoms with van der Waals surface area (Å²) < 4.78 is 13.8. The summed E-state index contributed by atoms with van der Waals surface area (Å²) in [4.78, 5) is 32.4. The molecule has 6 nitrogen and oxygen atoms in total. The van der Waals surface area contributed by atoms with Gasteiger partial charge in [0.15, 0.2) is 4.80 Å². The summed E-state index contributed by atoms with van der Waals surface area (Å²) in [5.41, 5.74) is 1.38. The molecule has 33 heavy (non-hydrogen) atoms. The fourth-order valence-corrected chi connectivity index (χ4v) is 5.77. The van der Waals surface area contributed by atoms with Crippen LogP contribution in [-0.2, 0) is 9.53 Å². The van der Waals surface area contributed by atoms with E-state index in [1.54, 1.807) is 30.6 Å². The van der Waals surface area contributed by atoms with Crippen LogP contribution >= 0.6 is 38.6 Å². The average molecular weight is 543 g/mol. The molecule has 0 aliphatic carbocycles. The van der Waals surface area contributed by atoms with Gasteiger partial charge in [0.2, 0.25) is 0 Å². The van der Waals surface area contributed by atoms with Crippen molar-refractivity contribution in [2.75, 3.05) is 13.2 Å². The van der Waals surface area contributed by atoms with Gasteiger partial charge in [-0.1, -0.05) is 39.3 Å². The second-order valence-electron chi connectivity index (χ2n) is 6.99. The Labute approximate surface area is 206 Å². The Morgan fingerprint density at radius 3 is 2.91 bits per heavy atom. The largest absolute Gasteiger partial charge is 0.480 e. The van der Waals surface area contributed by atoms with Crippen LogP contribution in [0.1, 0.15) is 30.3 Å². The number of benzene rings is 1. The molecule has 0 radical (unpaired) electrons. The summed E-state index contributed by atoms with van der Waals surface area (Å²) in [6.07, 6.45) is 7.09. The van der Waals surface area contributed by atoms with E-state index in [1.807, 2.05) is 29.6 Å². The number of nitrogens with zero attached hydrogens (tertiary/aromatic N) is 2. The minimum absolute atomic E-state index is 0.115. The van der Waals surface area contributed by atoms with E-state index in [0.717, 1.165) is 9.35 Å². The normalized spacial score (nSPS) is 15.6. The first-order valence-corrected chi connectivity index (χ1v) is 12.5. The van der Waals surface area contributed by atoms with E-state index >= 15 is 0 Å². The number of allylic oxidation sites excluding steroid dienone is 1. The van der Waals surface area contributed by atoms with Gasteiger partial charge < -0.3 is 9.47 Å². The Morgan fingerprint density at radius 1 is 1.39 bits per heavy atom. The van der Waals surface area contributed by atoms with Gasteiger partial charge in [0, 0.05) is 14.9 Å². The van der Waals surface area contributed by atoms with Crippen LogP contribution in [0.2, 0.25) is 0 Å². The molecule has 0 amide bonds. The molecule has 1 aromatic carbocycles. The number of ether oxygens (including phenoxy) is 2. The van der Waals surface area contributed by atoms with Crippen LogP contribution in [0, 0.1) is 12.3 Å². The number of hydrogen-bond acceptors (Lipinski definition) is 7. The van der Waals surface area contributed by atoms with Crippen LogP contribution < -0.4 is 19.6 Å². The Hall–Kier alpha value is -2.93. The lowest BCUT2D eigenvalue weighted by Gasteiger charge is -2.23. The number of fused-ring (bicyclic) bond motifs is 1. The predicted octanol–water partition coefficient (Wildman–Crippen LogP) is 3.63. The highest BCUT2D eigenvalue weighted by atomic mass is 79.9. The number of esters is 1. The number of hydrogen-bond donors (Lipinski definition) is 0. The molecule has 9 heteroatoms. The van der Waals surface area contributed by atoms with E-state index in [2.05, 4.69) is 26.8 Å². The van der Waals surface area contributed by atoms with E-state index in [9.17, 15) is 9.59 Å². The lowest BCUT2D eigenvalue weighted by atomic mass is 10.0. The van der Waals surface area contributed by atoms with Crippen molar-refractivity contribution in [3.8, 4) is 18.1 Å². The first kappa shape index (κ1) is 23.2. The molecule has 0 spiro atoms. The predicted molar refractivity (Wildman–Crippen MR) is 133 cm³/mol. The van der Waals surface area contributed by atoms with Crippen LogP contribution in [0.15, 0.2) is 61.2 Å². The molecule has 2 aromatic heterocycles. The number of rotatable bonds is 6. The van der Waals surface area contributed by atoms with Crippen molar-refractivity contribution in [1.82, 2.24) is 4.57 Å². The maximum Gasteiger partial charge on any atom is 0.338 e. The number of aromatic nitrogens is 1. The summed E-state index contributed by atoms with van der Waals surface area (Å²) in [5, 5.41) is 1.92. The number of carbonyl (C=O) groups is 1. The van der Waals surface area contributed by atoms with Crippen LogP contribution in [0.25, 0.3) is 6.08 Å². The van der Waals surface area contributed by atoms with Crippen molar-refractivity contribution in [2.45, 2.75) is 19.9 Å². The summed E-state index contributed by atoms with van der Waals surface area (Å²) in [5.74, 6) is 2.55. The second-order valence-corrected chi connectivity index (χ2v) is 9.90. The Balaban J connectivity index is 1.92. The van der Waals surface area contributed by atoms with E-state index < -0.39 is 12.0 Å². The molecule has 3 aromatic rings. The van der Waals surface area contributed by atoms with Gasteiger partial charge in [-0.05, 0) is 49.6 Å². The minimum atomic E-state index is -0.595. The molecule has 0 bridgehead atoms. The third-order valence-corrected chi connectivity index (χ3v) is 7.30. The molecular weight excluding hydrogens is 524 g/mol. The van der Waals surface area contributed by atoms with Gasteiger partial charge in [0.1, 0.15) is 18.4 Å². The Bertz CT molecular complexity index is 1460. The van der Waals surface area contributed by atoms with Gasteiger partial charge in [0.05, 0.1) is 22.4 Å². The average Bonchev–Trinajstić information content (AvgIpc) is 3.41. The Morgan fingerprint density at radius 2 is 2.21 bits per heavy atom. The fourth-order valence-electron chi connectivity index (χ4n) is 3.53. The number of thiophene rings is 1. The van der Waals surface area contributed by atoms with E-state index in [0.29, 0.717) is 31.9 Å². The van der Waals surface area contributed by atoms with Gasteiger partial charge in [-0.25, -0.2) is 9.79 Å². The lowest BCUT2D eigenvalue weighted by molar-refractivity contribution is -0.139. The molecule has 4 rings (SSSR count). The van der Waals surface area contributed by atoms with Crippen molar-refractivity contribution >= 4 is 50.6 Å². The SMILES string of the molecule is C#CCOc1ccc(Br)cc1C=c1sc2n(c1=O)C(c1cccs1)C(C(=O)OCC)=C(C)N=2. The molecule has 1 aliphatic heterocycles. The van der Waals surface area contributed by atoms with E-state index in [1.165, 1.54) is 22.7 Å². The van der Waals surface area contributed by atoms with Crippen LogP contribution in [0.3, 0.4) is 0 Å². The van der Waals surface area contributed by atoms with Crippen molar-refractivity contribution in [3.05, 3.63) is 81.6 Å². The van der Waals surface area contributed by atoms with Crippen molar-refractivity contribution in [1.29, 1.82) is 0 Å². The summed E-state index contributed by atoms with van der Waals surface area (Å²) in [7, 11) is 0. The quantitative estimate of drug-likeness (QED) is 0.352. The number of thiazole rings is 1. The minimum Gasteiger partial charge on any atom is -0.480 e. The zero-order valence-corrected chi connectivity index (χ0v) is 21.1. The van der Waals surface area contributed by atoms with Gasteiger partial charge in [-0.15, -0.1) is 17.8 Å². The third-order valence-electron chi connectivity index (χ3n) is 4.90. The Kier molecular flexibility index (Phi) is 6.98. The molecule has 168 valence electrons. The summed E-state index contributed by atoms with van der Waals surface area (Å²) >= 11 is 6.20. The maximum absolute atomic E-state index is 13.6. The van der Waals surface area contributed by atoms with Crippen LogP contribution in [0.4, 0.5) is 0 Å². The second kappa shape index (κ2) is 9.91. The summed E-state index contributed by atoms with van der Waals surface area (Å²) in [6.45, 7) is 3.87. The zero-order valence-electron chi connectivity index (χ0n) is 17.8. The van der Waals surface area contributed by atoms with E-state index in [4.69, 9.17) is 15.9 Å². The van der Waals surface area contributed by atoms with Crippen molar-refractivity contribution in [3.63, 3.8) is 0 Å². The highest BCUT2D eigenvalue weighted by Gasteiger charge is 2.33. The van der Waals surface area contributed by atoms with Gasteiger partial charge in [-0.3, -0.25) is 9.36 Å². The molecule has 0 N–H and O–H groups in total. The first-order chi connectivity index (χ1) is 15.9. The molecule has 1 unspecified atom stereocenters. The van der Waals surface area contributed by atoms with Gasteiger partial charge in [0.25, 0.3) is 5.56 Å². The number of halogens is 1. The third kappa shape index (κ3) is 4.60. The fraction of sp³-hybridized carbons (Fsp3) is 0.208.